The van der Waals surface area contributed by atoms with Gasteiger partial charge >= 0.3 is 5.97 Å². The van der Waals surface area contributed by atoms with Crippen LogP contribution in [0, 0.1) is 0 Å². The summed E-state index contributed by atoms with van der Waals surface area (Å²) >= 11 is 1.35. The number of carbonyl (C=O) groups is 3. The fraction of sp³-hybridized carbons (Fsp3) is 0.588. The molecule has 1 aromatic rings. The molecule has 0 radical (unpaired) electrons. The third kappa shape index (κ3) is 5.03. The third-order valence-corrected chi connectivity index (χ3v) is 5.40. The molecule has 2 rings (SSSR count). The minimum absolute atomic E-state index is 0.160. The summed E-state index contributed by atoms with van der Waals surface area (Å²) < 4.78 is 5.13. The molecule has 1 aliphatic carbocycles. The number of aryl methyl sites for hydroxylation is 1. The minimum Gasteiger partial charge on any atom is -0.544 e. The molecule has 0 unspecified atom stereocenters. The molecule has 0 aromatic carbocycles. The van der Waals surface area contributed by atoms with Gasteiger partial charge in [0.05, 0.1) is 37.7 Å². The van der Waals surface area contributed by atoms with Crippen LogP contribution in [-0.2, 0) is 27.2 Å². The average molecular weight is 384 g/mol. The summed E-state index contributed by atoms with van der Waals surface area (Å²) in [6, 6.07) is -1.09. The van der Waals surface area contributed by atoms with Crippen molar-refractivity contribution in [2.45, 2.75) is 45.1 Å². The molecule has 0 fully saturated rings. The standard InChI is InChI=1S/C17H24N2O6S/c1-2-25-17(24)14-10-5-3-4-6-12(10)26-15(14)19-13(21)9-11(16(22)23)18-7-8-20/h11,18,20H,2-9H2,1H3,(H,19,21)(H,22,23)/t11-/m0/s1. The molecule has 144 valence electrons. The highest BCUT2D eigenvalue weighted by atomic mass is 32.1. The largest absolute Gasteiger partial charge is 0.544 e. The molecule has 0 aliphatic heterocycles. The zero-order valence-corrected chi connectivity index (χ0v) is 15.5. The Labute approximate surface area is 155 Å². The quantitative estimate of drug-likeness (QED) is 0.459. The number of thiophene rings is 1. The number of ether oxygens (including phenoxy) is 1. The maximum atomic E-state index is 12.3. The average Bonchev–Trinajstić information content (AvgIpc) is 2.96. The molecule has 1 aromatic heterocycles. The van der Waals surface area contributed by atoms with Crippen LogP contribution in [-0.4, -0.2) is 48.8 Å². The van der Waals surface area contributed by atoms with Crippen LogP contribution >= 0.6 is 11.3 Å². The summed E-state index contributed by atoms with van der Waals surface area (Å²) in [5.41, 5.74) is 1.32. The van der Waals surface area contributed by atoms with Crippen LogP contribution in [0.1, 0.15) is 47.0 Å². The van der Waals surface area contributed by atoms with E-state index >= 15 is 0 Å². The van der Waals surface area contributed by atoms with Crippen molar-refractivity contribution in [1.82, 2.24) is 0 Å². The molecule has 1 amide bonds. The number of hydrogen-bond donors (Lipinski definition) is 3. The minimum atomic E-state index is -1.37. The number of carboxylic acids is 1. The molecule has 9 heteroatoms. The van der Waals surface area contributed by atoms with Gasteiger partial charge in [-0.3, -0.25) is 4.79 Å². The van der Waals surface area contributed by atoms with Gasteiger partial charge in [0.15, 0.2) is 0 Å². The zero-order valence-electron chi connectivity index (χ0n) is 14.7. The Balaban J connectivity index is 2.17. The number of carbonyl (C=O) groups excluding carboxylic acids is 3. The molecule has 0 spiro atoms. The van der Waals surface area contributed by atoms with E-state index in [1.54, 1.807) is 6.92 Å². The van der Waals surface area contributed by atoms with Crippen molar-refractivity contribution in [3.05, 3.63) is 16.0 Å². The Bertz CT molecular complexity index is 672. The van der Waals surface area contributed by atoms with Gasteiger partial charge < -0.3 is 30.4 Å². The van der Waals surface area contributed by atoms with Crippen LogP contribution in [0.5, 0.6) is 0 Å². The summed E-state index contributed by atoms with van der Waals surface area (Å²) in [7, 11) is 0. The Morgan fingerprint density at radius 1 is 1.35 bits per heavy atom. The molecule has 4 N–H and O–H groups in total. The van der Waals surface area contributed by atoms with Gasteiger partial charge in [-0.25, -0.2) is 4.79 Å². The van der Waals surface area contributed by atoms with Gasteiger partial charge in [-0.15, -0.1) is 11.3 Å². The van der Waals surface area contributed by atoms with E-state index in [4.69, 9.17) is 9.84 Å². The Kier molecular flexibility index (Phi) is 7.55. The van der Waals surface area contributed by atoms with Gasteiger partial charge in [-0.05, 0) is 38.2 Å². The van der Waals surface area contributed by atoms with Crippen LogP contribution < -0.4 is 15.7 Å². The number of nitrogens with one attached hydrogen (secondary N) is 1. The summed E-state index contributed by atoms with van der Waals surface area (Å²) in [5, 5.41) is 24.4. The van der Waals surface area contributed by atoms with Crippen LogP contribution in [0.15, 0.2) is 0 Å². The number of quaternary nitrogens is 1. The highest BCUT2D eigenvalue weighted by molar-refractivity contribution is 7.17. The molecular weight excluding hydrogens is 360 g/mol. The molecule has 0 bridgehead atoms. The second kappa shape index (κ2) is 9.65. The third-order valence-electron chi connectivity index (χ3n) is 4.19. The van der Waals surface area contributed by atoms with Crippen molar-refractivity contribution in [3.8, 4) is 0 Å². The number of amides is 1. The normalized spacial score (nSPS) is 14.4. The number of aliphatic hydroxyl groups excluding tert-OH is 1. The van der Waals surface area contributed by atoms with Crippen molar-refractivity contribution in [2.24, 2.45) is 0 Å². The van der Waals surface area contributed by atoms with E-state index in [2.05, 4.69) is 5.32 Å². The van der Waals surface area contributed by atoms with Gasteiger partial charge in [-0.2, -0.15) is 0 Å². The molecular formula is C17H24N2O6S. The van der Waals surface area contributed by atoms with E-state index in [-0.39, 0.29) is 26.2 Å². The lowest BCUT2D eigenvalue weighted by Gasteiger charge is -2.16. The Morgan fingerprint density at radius 3 is 2.73 bits per heavy atom. The van der Waals surface area contributed by atoms with E-state index < -0.39 is 23.9 Å². The van der Waals surface area contributed by atoms with E-state index in [0.717, 1.165) is 36.1 Å². The topological polar surface area (TPSA) is 132 Å². The van der Waals surface area contributed by atoms with Crippen molar-refractivity contribution in [1.29, 1.82) is 0 Å². The van der Waals surface area contributed by atoms with Gasteiger partial charge in [0.25, 0.3) is 0 Å². The number of aliphatic carboxylic acids is 1. The lowest BCUT2D eigenvalue weighted by molar-refractivity contribution is -0.683. The molecule has 26 heavy (non-hydrogen) atoms. The van der Waals surface area contributed by atoms with Gasteiger partial charge in [0, 0.05) is 4.88 Å². The number of fused-ring (bicyclic) bond motifs is 1. The van der Waals surface area contributed by atoms with Crippen molar-refractivity contribution < 1.29 is 34.7 Å². The van der Waals surface area contributed by atoms with Crippen molar-refractivity contribution >= 4 is 34.2 Å². The first-order valence-corrected chi connectivity index (χ1v) is 9.56. The number of nitrogens with two attached hydrogens (primary N) is 1. The van der Waals surface area contributed by atoms with Crippen molar-refractivity contribution in [2.75, 3.05) is 25.1 Å². The Hall–Kier alpha value is -1.97. The second-order valence-corrected chi connectivity index (χ2v) is 7.17. The van der Waals surface area contributed by atoms with E-state index in [9.17, 15) is 19.5 Å². The van der Waals surface area contributed by atoms with Crippen LogP contribution in [0.3, 0.4) is 0 Å². The lowest BCUT2D eigenvalue weighted by Crippen LogP contribution is -2.94. The molecule has 1 heterocycles. The second-order valence-electron chi connectivity index (χ2n) is 6.06. The number of anilines is 1. The summed E-state index contributed by atoms with van der Waals surface area (Å²) in [4.78, 5) is 36.9. The molecule has 0 saturated carbocycles. The van der Waals surface area contributed by atoms with E-state index in [1.807, 2.05) is 0 Å². The SMILES string of the molecule is CCOC(=O)c1c(NC(=O)C[C@H]([NH2+]CCO)C(=O)[O-])sc2c1CCCC2. The smallest absolute Gasteiger partial charge is 0.341 e. The predicted octanol–water partition coefficient (Wildman–Crippen LogP) is -1.19. The number of esters is 1. The first-order chi connectivity index (χ1) is 12.5. The molecule has 8 nitrogen and oxygen atoms in total. The van der Waals surface area contributed by atoms with E-state index in [0.29, 0.717) is 10.6 Å². The van der Waals surface area contributed by atoms with Crippen LogP contribution in [0.25, 0.3) is 0 Å². The number of hydrogen-bond acceptors (Lipinski definition) is 7. The predicted molar refractivity (Wildman–Crippen MR) is 92.8 cm³/mol. The van der Waals surface area contributed by atoms with Crippen LogP contribution in [0.4, 0.5) is 5.00 Å². The summed E-state index contributed by atoms with van der Waals surface area (Å²) in [6.07, 6.45) is 3.32. The maximum Gasteiger partial charge on any atom is 0.341 e. The number of rotatable bonds is 9. The van der Waals surface area contributed by atoms with Gasteiger partial charge in [-0.1, -0.05) is 0 Å². The highest BCUT2D eigenvalue weighted by Gasteiger charge is 2.28. The highest BCUT2D eigenvalue weighted by Crippen LogP contribution is 2.38. The fourth-order valence-electron chi connectivity index (χ4n) is 2.99. The van der Waals surface area contributed by atoms with Gasteiger partial charge in [0.2, 0.25) is 5.91 Å². The summed E-state index contributed by atoms with van der Waals surface area (Å²) in [6.45, 7) is 1.92. The first-order valence-electron chi connectivity index (χ1n) is 8.74. The number of aliphatic hydroxyl groups is 1. The number of carboxylic acid groups (broad SMARTS) is 1. The van der Waals surface area contributed by atoms with Gasteiger partial charge in [0.1, 0.15) is 11.0 Å². The molecule has 1 atom stereocenters. The monoisotopic (exact) mass is 384 g/mol. The molecule has 0 saturated heterocycles. The first kappa shape index (κ1) is 20.3. The van der Waals surface area contributed by atoms with E-state index in [1.165, 1.54) is 16.7 Å². The molecule has 1 aliphatic rings. The lowest BCUT2D eigenvalue weighted by atomic mass is 9.95. The van der Waals surface area contributed by atoms with Crippen LogP contribution in [0.2, 0.25) is 0 Å². The summed E-state index contributed by atoms with van der Waals surface area (Å²) in [5.74, 6) is -2.35. The fourth-order valence-corrected chi connectivity index (χ4v) is 4.28. The zero-order chi connectivity index (χ0) is 19.1. The maximum absolute atomic E-state index is 12.3. The Morgan fingerprint density at radius 2 is 2.08 bits per heavy atom. The van der Waals surface area contributed by atoms with Crippen molar-refractivity contribution in [3.63, 3.8) is 0 Å².